The van der Waals surface area contributed by atoms with Gasteiger partial charge < -0.3 is 0 Å². The highest BCUT2D eigenvalue weighted by Gasteiger charge is 2.33. The van der Waals surface area contributed by atoms with E-state index in [0.29, 0.717) is 0 Å². The number of nitrogens with zero attached hydrogens (tertiary/aromatic N) is 4. The lowest BCUT2D eigenvalue weighted by molar-refractivity contribution is 0.520. The first-order chi connectivity index (χ1) is 13.7. The summed E-state index contributed by atoms with van der Waals surface area (Å²) in [5.41, 5.74) is 11.5. The van der Waals surface area contributed by atoms with Crippen molar-refractivity contribution in [2.75, 3.05) is 0 Å². The Balaban J connectivity index is 1.44. The summed E-state index contributed by atoms with van der Waals surface area (Å²) >= 11 is 1.70. The van der Waals surface area contributed by atoms with Gasteiger partial charge in [-0.3, -0.25) is 0 Å². The van der Waals surface area contributed by atoms with Crippen LogP contribution in [0.1, 0.15) is 47.9 Å². The highest BCUT2D eigenvalue weighted by atomic mass is 32.2. The topological polar surface area (TPSA) is 67.1 Å². The lowest BCUT2D eigenvalue weighted by Crippen LogP contribution is -2.28. The first-order valence-corrected chi connectivity index (χ1v) is 10.4. The molecule has 0 radical (unpaired) electrons. The molecule has 1 aromatic heterocycles. The summed E-state index contributed by atoms with van der Waals surface area (Å²) in [4.78, 5) is 0. The maximum absolute atomic E-state index is 4.93. The van der Waals surface area contributed by atoms with Crippen LogP contribution in [0.15, 0.2) is 64.9 Å². The van der Waals surface area contributed by atoms with Crippen molar-refractivity contribution in [1.29, 1.82) is 0 Å². The first-order valence-electron chi connectivity index (χ1n) is 9.53. The fourth-order valence-corrected chi connectivity index (χ4v) is 4.64. The van der Waals surface area contributed by atoms with Gasteiger partial charge in [0.15, 0.2) is 5.82 Å². The van der Waals surface area contributed by atoms with Crippen molar-refractivity contribution in [3.05, 3.63) is 77.1 Å². The predicted octanol–water partition coefficient (Wildman–Crippen LogP) is 3.61. The van der Waals surface area contributed by atoms with Crippen molar-refractivity contribution in [3.8, 4) is 0 Å². The van der Waals surface area contributed by atoms with Crippen LogP contribution in [-0.4, -0.2) is 25.8 Å². The zero-order chi connectivity index (χ0) is 19.1. The molecular formula is C21H22N6S. The highest BCUT2D eigenvalue weighted by molar-refractivity contribution is 8.00. The Morgan fingerprint density at radius 1 is 0.964 bits per heavy atom. The minimum atomic E-state index is 0.0577. The second-order valence-electron chi connectivity index (χ2n) is 7.30. The Kier molecular flexibility index (Phi) is 4.50. The van der Waals surface area contributed by atoms with Crippen molar-refractivity contribution in [1.82, 2.24) is 25.7 Å². The Morgan fingerprint density at radius 2 is 1.71 bits per heavy atom. The lowest BCUT2D eigenvalue weighted by Gasteiger charge is -2.20. The second kappa shape index (κ2) is 7.16. The van der Waals surface area contributed by atoms with E-state index in [9.17, 15) is 0 Å². The van der Waals surface area contributed by atoms with Gasteiger partial charge in [-0.15, -0.1) is 10.2 Å². The number of benzene rings is 2. The number of hydrazine groups is 1. The van der Waals surface area contributed by atoms with Crippen LogP contribution in [0.25, 0.3) is 0 Å². The second-order valence-corrected chi connectivity index (χ2v) is 8.61. The van der Waals surface area contributed by atoms with Crippen molar-refractivity contribution in [3.63, 3.8) is 0 Å². The molecule has 3 heterocycles. The molecule has 2 aromatic carbocycles. The lowest BCUT2D eigenvalue weighted by atomic mass is 10.0. The van der Waals surface area contributed by atoms with Crippen LogP contribution in [0.5, 0.6) is 0 Å². The number of hydrogen-bond donors (Lipinski definition) is 2. The van der Waals surface area contributed by atoms with Gasteiger partial charge in [-0.1, -0.05) is 71.9 Å². The van der Waals surface area contributed by atoms with E-state index in [1.54, 1.807) is 11.8 Å². The largest absolute Gasteiger partial charge is 0.250 e. The van der Waals surface area contributed by atoms with Gasteiger partial charge in [0.2, 0.25) is 5.16 Å². The number of aryl methyl sites for hydroxylation is 1. The van der Waals surface area contributed by atoms with Crippen LogP contribution in [-0.2, 0) is 0 Å². The molecule has 0 saturated carbocycles. The van der Waals surface area contributed by atoms with Crippen molar-refractivity contribution in [2.24, 2.45) is 5.10 Å². The smallest absolute Gasteiger partial charge is 0.212 e. The summed E-state index contributed by atoms with van der Waals surface area (Å²) in [5, 5.41) is 14.9. The van der Waals surface area contributed by atoms with Crippen LogP contribution in [0, 0.1) is 6.92 Å². The van der Waals surface area contributed by atoms with Crippen molar-refractivity contribution >= 4 is 17.5 Å². The predicted molar refractivity (Wildman–Crippen MR) is 111 cm³/mol. The molecule has 142 valence electrons. The zero-order valence-electron chi connectivity index (χ0n) is 15.8. The molecule has 0 amide bonds. The van der Waals surface area contributed by atoms with Crippen LogP contribution < -0.4 is 10.9 Å². The van der Waals surface area contributed by atoms with Crippen LogP contribution in [0.3, 0.4) is 0 Å². The van der Waals surface area contributed by atoms with Crippen LogP contribution in [0.4, 0.5) is 0 Å². The monoisotopic (exact) mass is 390 g/mol. The maximum atomic E-state index is 4.93. The Bertz CT molecular complexity index is 1010. The fourth-order valence-electron chi connectivity index (χ4n) is 3.71. The summed E-state index contributed by atoms with van der Waals surface area (Å²) in [6.07, 6.45) is 0.900. The molecule has 0 aliphatic carbocycles. The highest BCUT2D eigenvalue weighted by Crippen LogP contribution is 2.35. The molecule has 3 unspecified atom stereocenters. The number of thioether (sulfide) groups is 1. The average molecular weight is 391 g/mol. The molecule has 1 fully saturated rings. The summed E-state index contributed by atoms with van der Waals surface area (Å²) in [7, 11) is 0. The van der Waals surface area contributed by atoms with E-state index >= 15 is 0 Å². The minimum absolute atomic E-state index is 0.0577. The van der Waals surface area contributed by atoms with Crippen molar-refractivity contribution < 1.29 is 0 Å². The Labute approximate surface area is 168 Å². The molecule has 3 atom stereocenters. The number of hydrogen-bond acceptors (Lipinski definition) is 6. The van der Waals surface area contributed by atoms with Gasteiger partial charge in [-0.05, 0) is 31.4 Å². The van der Waals surface area contributed by atoms with Gasteiger partial charge >= 0.3 is 0 Å². The third-order valence-electron chi connectivity index (χ3n) is 5.28. The Hall–Kier alpha value is -2.48. The van der Waals surface area contributed by atoms with E-state index in [-0.39, 0.29) is 17.3 Å². The summed E-state index contributed by atoms with van der Waals surface area (Å²) in [6, 6.07) is 19.3. The molecule has 1 saturated heterocycles. The van der Waals surface area contributed by atoms with Gasteiger partial charge in [0.05, 0.1) is 17.0 Å². The third-order valence-corrected chi connectivity index (χ3v) is 6.32. The standard InChI is InChI=1S/C21H22N6S/c1-13-8-10-15(11-9-13)17-12-18(23-22-17)20-24-25-21-27(20)26-19(14(2)28-21)16-6-4-3-5-7-16/h3-11,14,17-18,22-23H,12H2,1-2H3. The summed E-state index contributed by atoms with van der Waals surface area (Å²) in [6.45, 7) is 4.27. The van der Waals surface area contributed by atoms with Gasteiger partial charge in [-0.25, -0.2) is 10.9 Å². The number of nitrogens with one attached hydrogen (secondary N) is 2. The molecule has 6 nitrogen and oxygen atoms in total. The maximum Gasteiger partial charge on any atom is 0.212 e. The molecule has 2 aliphatic heterocycles. The van der Waals surface area contributed by atoms with Gasteiger partial charge in [-0.2, -0.15) is 9.78 Å². The molecule has 5 rings (SSSR count). The third kappa shape index (κ3) is 3.15. The van der Waals surface area contributed by atoms with Crippen LogP contribution >= 0.6 is 11.8 Å². The molecule has 3 aromatic rings. The van der Waals surface area contributed by atoms with E-state index < -0.39 is 0 Å². The SMILES string of the molecule is Cc1ccc(C2CC(c3nnc4n3N=C(c3ccccc3)C(C)S4)NN2)cc1. The van der Waals surface area contributed by atoms with Gasteiger partial charge in [0.1, 0.15) is 0 Å². The van der Waals surface area contributed by atoms with E-state index in [2.05, 4.69) is 71.3 Å². The fraction of sp³-hybridized carbons (Fsp3) is 0.286. The number of aromatic nitrogens is 3. The van der Waals surface area contributed by atoms with E-state index in [1.807, 2.05) is 22.9 Å². The summed E-state index contributed by atoms with van der Waals surface area (Å²) in [5.74, 6) is 0.852. The molecular weight excluding hydrogens is 368 g/mol. The molecule has 2 aliphatic rings. The molecule has 7 heteroatoms. The van der Waals surface area contributed by atoms with E-state index in [1.165, 1.54) is 11.1 Å². The van der Waals surface area contributed by atoms with Crippen LogP contribution in [0.2, 0.25) is 0 Å². The molecule has 0 spiro atoms. The first kappa shape index (κ1) is 17.6. The van der Waals surface area contributed by atoms with Crippen molar-refractivity contribution in [2.45, 2.75) is 42.8 Å². The molecule has 28 heavy (non-hydrogen) atoms. The van der Waals surface area contributed by atoms with E-state index in [4.69, 9.17) is 5.10 Å². The zero-order valence-corrected chi connectivity index (χ0v) is 16.6. The number of rotatable bonds is 3. The summed E-state index contributed by atoms with van der Waals surface area (Å²) < 4.78 is 1.91. The quantitative estimate of drug-likeness (QED) is 0.715. The van der Waals surface area contributed by atoms with Gasteiger partial charge in [0.25, 0.3) is 0 Å². The Morgan fingerprint density at radius 3 is 2.50 bits per heavy atom. The molecule has 0 bridgehead atoms. The molecule has 2 N–H and O–H groups in total. The minimum Gasteiger partial charge on any atom is -0.250 e. The van der Waals surface area contributed by atoms with Gasteiger partial charge in [0, 0.05) is 6.04 Å². The van der Waals surface area contributed by atoms with E-state index in [0.717, 1.165) is 28.7 Å². The normalized spacial score (nSPS) is 24.1. The number of fused-ring (bicyclic) bond motifs is 1. The average Bonchev–Trinajstić information content (AvgIpc) is 3.35.